The molecule has 0 aliphatic rings. The van der Waals surface area contributed by atoms with E-state index >= 15 is 0 Å². The second kappa shape index (κ2) is 6.22. The van der Waals surface area contributed by atoms with E-state index in [1.54, 1.807) is 6.07 Å². The number of rotatable bonds is 3. The van der Waals surface area contributed by atoms with Gasteiger partial charge in [-0.25, -0.2) is 0 Å². The zero-order valence-electron chi connectivity index (χ0n) is 10.4. The Morgan fingerprint density at radius 3 is 2.63 bits per heavy atom. The molecule has 2 aromatic carbocycles. The number of amides is 1. The molecule has 0 spiro atoms. The van der Waals surface area contributed by atoms with Crippen molar-refractivity contribution in [1.29, 1.82) is 0 Å². The van der Waals surface area contributed by atoms with Crippen LogP contribution in [0.25, 0.3) is 0 Å². The molecular formula is C15H13BrClNO. The molecule has 2 nitrogen and oxygen atoms in total. The van der Waals surface area contributed by atoms with Gasteiger partial charge in [-0.15, -0.1) is 0 Å². The Kier molecular flexibility index (Phi) is 4.61. The fourth-order valence-corrected chi connectivity index (χ4v) is 2.44. The summed E-state index contributed by atoms with van der Waals surface area (Å²) in [6, 6.07) is 14.7. The van der Waals surface area contributed by atoms with Crippen LogP contribution in [0, 0.1) is 0 Å². The summed E-state index contributed by atoms with van der Waals surface area (Å²) in [7, 11) is 0. The number of benzene rings is 2. The highest BCUT2D eigenvalue weighted by Gasteiger charge is 2.13. The molecule has 4 heteroatoms. The Morgan fingerprint density at radius 1 is 1.21 bits per heavy atom. The van der Waals surface area contributed by atoms with Crippen molar-refractivity contribution >= 4 is 33.4 Å². The third kappa shape index (κ3) is 3.58. The highest BCUT2D eigenvalue weighted by molar-refractivity contribution is 9.10. The van der Waals surface area contributed by atoms with Crippen LogP contribution >= 0.6 is 27.5 Å². The van der Waals surface area contributed by atoms with Crippen molar-refractivity contribution in [2.75, 3.05) is 0 Å². The topological polar surface area (TPSA) is 29.1 Å². The van der Waals surface area contributed by atoms with Crippen LogP contribution in [0.1, 0.15) is 28.9 Å². The average Bonchev–Trinajstić information content (AvgIpc) is 2.39. The lowest BCUT2D eigenvalue weighted by atomic mass is 10.1. The quantitative estimate of drug-likeness (QED) is 0.871. The second-order valence-corrected chi connectivity index (χ2v) is 5.52. The van der Waals surface area contributed by atoms with E-state index in [9.17, 15) is 4.79 Å². The summed E-state index contributed by atoms with van der Waals surface area (Å²) in [5.41, 5.74) is 1.60. The number of carbonyl (C=O) groups is 1. The van der Waals surface area contributed by atoms with Gasteiger partial charge in [0, 0.05) is 9.50 Å². The highest BCUT2D eigenvalue weighted by Crippen LogP contribution is 2.20. The Morgan fingerprint density at radius 2 is 1.95 bits per heavy atom. The van der Waals surface area contributed by atoms with Crippen molar-refractivity contribution in [2.45, 2.75) is 13.0 Å². The molecule has 0 saturated carbocycles. The Hall–Kier alpha value is -1.32. The molecule has 2 aromatic rings. The third-order valence-electron chi connectivity index (χ3n) is 2.81. The van der Waals surface area contributed by atoms with E-state index in [0.29, 0.717) is 10.6 Å². The van der Waals surface area contributed by atoms with Crippen molar-refractivity contribution in [1.82, 2.24) is 5.32 Å². The number of hydrogen-bond acceptors (Lipinski definition) is 1. The van der Waals surface area contributed by atoms with Crippen molar-refractivity contribution < 1.29 is 4.79 Å². The van der Waals surface area contributed by atoms with Gasteiger partial charge >= 0.3 is 0 Å². The van der Waals surface area contributed by atoms with E-state index in [0.717, 1.165) is 10.0 Å². The van der Waals surface area contributed by atoms with Crippen molar-refractivity contribution in [2.24, 2.45) is 0 Å². The first-order chi connectivity index (χ1) is 9.08. The van der Waals surface area contributed by atoms with E-state index < -0.39 is 0 Å². The van der Waals surface area contributed by atoms with Crippen molar-refractivity contribution in [3.8, 4) is 0 Å². The normalized spacial score (nSPS) is 11.9. The van der Waals surface area contributed by atoms with E-state index in [2.05, 4.69) is 21.2 Å². The molecule has 1 atom stereocenters. The SMILES string of the molecule is C[C@H](NC(=O)c1ccccc1Br)c1cccc(Cl)c1. The maximum absolute atomic E-state index is 12.2. The molecule has 2 rings (SSSR count). The summed E-state index contributed by atoms with van der Waals surface area (Å²) >= 11 is 9.32. The first-order valence-corrected chi connectivity index (χ1v) is 7.06. The summed E-state index contributed by atoms with van der Waals surface area (Å²) in [6.07, 6.45) is 0. The maximum Gasteiger partial charge on any atom is 0.252 e. The number of nitrogens with one attached hydrogen (secondary N) is 1. The molecule has 98 valence electrons. The zero-order valence-corrected chi connectivity index (χ0v) is 12.7. The van der Waals surface area contributed by atoms with Crippen LogP contribution in [-0.2, 0) is 0 Å². The largest absolute Gasteiger partial charge is 0.345 e. The lowest BCUT2D eigenvalue weighted by Crippen LogP contribution is -2.26. The van der Waals surface area contributed by atoms with Crippen LogP contribution in [0.2, 0.25) is 5.02 Å². The molecule has 0 radical (unpaired) electrons. The molecule has 0 fully saturated rings. The maximum atomic E-state index is 12.2. The minimum Gasteiger partial charge on any atom is -0.345 e. The molecule has 0 aliphatic carbocycles. The molecule has 0 saturated heterocycles. The standard InChI is InChI=1S/C15H13BrClNO/c1-10(11-5-4-6-12(17)9-11)18-15(19)13-7-2-3-8-14(13)16/h2-10H,1H3,(H,18,19)/t10-/m0/s1. The summed E-state index contributed by atoms with van der Waals surface area (Å²) in [5.74, 6) is -0.111. The lowest BCUT2D eigenvalue weighted by molar-refractivity contribution is 0.0939. The monoisotopic (exact) mass is 337 g/mol. The number of hydrogen-bond donors (Lipinski definition) is 1. The van der Waals surface area contributed by atoms with Gasteiger partial charge in [-0.3, -0.25) is 4.79 Å². The smallest absolute Gasteiger partial charge is 0.252 e. The Balaban J connectivity index is 2.13. The van der Waals surface area contributed by atoms with E-state index in [1.165, 1.54) is 0 Å². The Bertz CT molecular complexity index is 600. The van der Waals surface area contributed by atoms with Crippen LogP contribution in [0.5, 0.6) is 0 Å². The molecule has 0 bridgehead atoms. The predicted molar refractivity (Wildman–Crippen MR) is 81.5 cm³/mol. The molecule has 0 aliphatic heterocycles. The van der Waals surface area contributed by atoms with Gasteiger partial charge < -0.3 is 5.32 Å². The van der Waals surface area contributed by atoms with Gasteiger partial charge in [0.25, 0.3) is 5.91 Å². The van der Waals surface area contributed by atoms with Gasteiger partial charge in [0.15, 0.2) is 0 Å². The molecule has 1 N–H and O–H groups in total. The lowest BCUT2D eigenvalue weighted by Gasteiger charge is -2.15. The molecule has 0 heterocycles. The van der Waals surface area contributed by atoms with Gasteiger partial charge in [-0.2, -0.15) is 0 Å². The van der Waals surface area contributed by atoms with Crippen LogP contribution in [0.15, 0.2) is 53.0 Å². The fraction of sp³-hybridized carbons (Fsp3) is 0.133. The van der Waals surface area contributed by atoms with E-state index in [4.69, 9.17) is 11.6 Å². The predicted octanol–water partition coefficient (Wildman–Crippen LogP) is 4.59. The van der Waals surface area contributed by atoms with Crippen molar-refractivity contribution in [3.63, 3.8) is 0 Å². The van der Waals surface area contributed by atoms with Gasteiger partial charge in [0.05, 0.1) is 11.6 Å². The Labute approximate surface area is 125 Å². The first-order valence-electron chi connectivity index (χ1n) is 5.89. The summed E-state index contributed by atoms with van der Waals surface area (Å²) in [5, 5.41) is 3.62. The zero-order chi connectivity index (χ0) is 13.8. The minimum atomic E-state index is -0.111. The molecule has 0 unspecified atom stereocenters. The van der Waals surface area contributed by atoms with Gasteiger partial charge in [-0.05, 0) is 52.7 Å². The van der Waals surface area contributed by atoms with Crippen LogP contribution in [-0.4, -0.2) is 5.91 Å². The molecule has 1 amide bonds. The van der Waals surface area contributed by atoms with Crippen LogP contribution < -0.4 is 5.32 Å². The fourth-order valence-electron chi connectivity index (χ4n) is 1.78. The minimum absolute atomic E-state index is 0.0988. The molecule has 0 aromatic heterocycles. The summed E-state index contributed by atoms with van der Waals surface area (Å²) in [6.45, 7) is 1.93. The average molecular weight is 339 g/mol. The van der Waals surface area contributed by atoms with Crippen LogP contribution in [0.3, 0.4) is 0 Å². The number of carbonyl (C=O) groups excluding carboxylic acids is 1. The van der Waals surface area contributed by atoms with Crippen molar-refractivity contribution in [3.05, 3.63) is 69.2 Å². The second-order valence-electron chi connectivity index (χ2n) is 4.23. The van der Waals surface area contributed by atoms with E-state index in [-0.39, 0.29) is 11.9 Å². The van der Waals surface area contributed by atoms with Gasteiger partial charge in [0.2, 0.25) is 0 Å². The first kappa shape index (κ1) is 14.1. The number of halogens is 2. The van der Waals surface area contributed by atoms with E-state index in [1.807, 2.05) is 49.4 Å². The summed E-state index contributed by atoms with van der Waals surface area (Å²) < 4.78 is 0.783. The third-order valence-corrected chi connectivity index (χ3v) is 3.74. The highest BCUT2D eigenvalue weighted by atomic mass is 79.9. The van der Waals surface area contributed by atoms with Crippen LogP contribution in [0.4, 0.5) is 0 Å². The molecule has 19 heavy (non-hydrogen) atoms. The van der Waals surface area contributed by atoms with Gasteiger partial charge in [0.1, 0.15) is 0 Å². The summed E-state index contributed by atoms with van der Waals surface area (Å²) in [4.78, 5) is 12.2. The van der Waals surface area contributed by atoms with Gasteiger partial charge in [-0.1, -0.05) is 35.9 Å². The molecular weight excluding hydrogens is 326 g/mol.